The average Bonchev–Trinajstić information content (AvgIpc) is 3.42. The van der Waals surface area contributed by atoms with Gasteiger partial charge in [-0.3, -0.25) is 19.3 Å². The molecule has 0 unspecified atom stereocenters. The van der Waals surface area contributed by atoms with Gasteiger partial charge in [0.2, 0.25) is 5.78 Å². The van der Waals surface area contributed by atoms with Crippen LogP contribution in [0.5, 0.6) is 0 Å². The van der Waals surface area contributed by atoms with Gasteiger partial charge in [-0.05, 0) is 49.7 Å². The van der Waals surface area contributed by atoms with Crippen LogP contribution < -0.4 is 5.32 Å². The monoisotopic (exact) mass is 523 g/mol. The number of halogens is 1. The van der Waals surface area contributed by atoms with Crippen LogP contribution in [0.1, 0.15) is 54.3 Å². The first-order chi connectivity index (χ1) is 18.4. The van der Waals surface area contributed by atoms with Gasteiger partial charge in [0.05, 0.1) is 16.8 Å². The molecule has 0 bridgehead atoms. The fourth-order valence-corrected chi connectivity index (χ4v) is 4.47. The largest absolute Gasteiger partial charge is 0.369 e. The molecule has 2 heterocycles. The van der Waals surface area contributed by atoms with Crippen molar-refractivity contribution in [2.75, 3.05) is 18.4 Å². The molecule has 0 aliphatic carbocycles. The van der Waals surface area contributed by atoms with Crippen LogP contribution in [-0.4, -0.2) is 45.4 Å². The van der Waals surface area contributed by atoms with Crippen LogP contribution >= 0.6 is 11.6 Å². The van der Waals surface area contributed by atoms with Crippen LogP contribution in [0.4, 0.5) is 5.82 Å². The number of nitriles is 1. The van der Waals surface area contributed by atoms with Gasteiger partial charge in [0, 0.05) is 23.7 Å². The van der Waals surface area contributed by atoms with E-state index in [2.05, 4.69) is 16.5 Å². The predicted octanol–water partition coefficient (Wildman–Crippen LogP) is 5.04. The zero-order chi connectivity index (χ0) is 26.8. The summed E-state index contributed by atoms with van der Waals surface area (Å²) in [6.45, 7) is 2.44. The number of aryl methyl sites for hydroxylation is 1. The van der Waals surface area contributed by atoms with Crippen molar-refractivity contribution in [1.29, 1.82) is 5.26 Å². The third-order valence-electron chi connectivity index (χ3n) is 6.33. The molecule has 0 radical (unpaired) electrons. The maximum absolute atomic E-state index is 13.3. The summed E-state index contributed by atoms with van der Waals surface area (Å²) in [5, 5.41) is 18.3. The predicted molar refractivity (Wildman–Crippen MR) is 143 cm³/mol. The second-order valence-corrected chi connectivity index (χ2v) is 9.29. The third kappa shape index (κ3) is 4.56. The minimum absolute atomic E-state index is 0.0224. The van der Waals surface area contributed by atoms with Crippen molar-refractivity contribution >= 4 is 35.0 Å². The number of imide groups is 1. The average molecular weight is 524 g/mol. The van der Waals surface area contributed by atoms with Crippen LogP contribution in [0.15, 0.2) is 72.8 Å². The van der Waals surface area contributed by atoms with Crippen molar-refractivity contribution in [2.24, 2.45) is 0 Å². The molecule has 1 aliphatic rings. The summed E-state index contributed by atoms with van der Waals surface area (Å²) in [6, 6.07) is 22.8. The number of rotatable bonds is 8. The summed E-state index contributed by atoms with van der Waals surface area (Å²) in [6.07, 6.45) is 0.420. The lowest BCUT2D eigenvalue weighted by atomic mass is 10.0. The Hall–Kier alpha value is -4.74. The molecule has 1 aromatic heterocycles. The van der Waals surface area contributed by atoms with E-state index in [9.17, 15) is 19.6 Å². The molecule has 3 aromatic carbocycles. The fraction of sp³-hybridized carbons (Fsp3) is 0.138. The van der Waals surface area contributed by atoms with E-state index in [0.717, 1.165) is 5.56 Å². The van der Waals surface area contributed by atoms with E-state index >= 15 is 0 Å². The number of aromatic nitrogens is 2. The van der Waals surface area contributed by atoms with E-state index in [1.165, 1.54) is 9.58 Å². The number of amides is 2. The van der Waals surface area contributed by atoms with Gasteiger partial charge in [-0.2, -0.15) is 10.4 Å². The second-order valence-electron chi connectivity index (χ2n) is 8.86. The molecule has 0 fully saturated rings. The highest BCUT2D eigenvalue weighted by Crippen LogP contribution is 2.27. The number of carbonyl (C=O) groups excluding carboxylic acids is 3. The molecule has 2 amide bonds. The first-order valence-corrected chi connectivity index (χ1v) is 12.4. The Morgan fingerprint density at radius 1 is 0.974 bits per heavy atom. The number of ketones is 1. The number of benzene rings is 3. The third-order valence-corrected chi connectivity index (χ3v) is 6.58. The smallest absolute Gasteiger partial charge is 0.261 e. The molecule has 8 nitrogen and oxygen atoms in total. The lowest BCUT2D eigenvalue weighted by Crippen LogP contribution is -2.31. The number of nitrogens with zero attached hydrogens (tertiary/aromatic N) is 4. The Balaban J connectivity index is 1.40. The van der Waals surface area contributed by atoms with Crippen molar-refractivity contribution in [3.05, 3.63) is 111 Å². The first-order valence-electron chi connectivity index (χ1n) is 12.0. The maximum atomic E-state index is 13.3. The highest BCUT2D eigenvalue weighted by Gasteiger charge is 2.34. The van der Waals surface area contributed by atoms with Crippen molar-refractivity contribution in [3.8, 4) is 11.8 Å². The van der Waals surface area contributed by atoms with E-state index in [4.69, 9.17) is 11.6 Å². The summed E-state index contributed by atoms with van der Waals surface area (Å²) in [5.74, 6) is -0.669. The van der Waals surface area contributed by atoms with Crippen molar-refractivity contribution < 1.29 is 14.4 Å². The lowest BCUT2D eigenvalue weighted by molar-refractivity contribution is 0.0653. The van der Waals surface area contributed by atoms with Crippen molar-refractivity contribution in [3.63, 3.8) is 0 Å². The SMILES string of the molecule is Cc1ccc(C(=O)c2nn(-c3ccc(Cl)cc3)c(NCCCN3C(=O)c4ccccc4C3=O)c2C#N)cc1. The zero-order valence-corrected chi connectivity index (χ0v) is 21.2. The lowest BCUT2D eigenvalue weighted by Gasteiger charge is -2.15. The van der Waals surface area contributed by atoms with Gasteiger partial charge < -0.3 is 5.32 Å². The molecule has 4 aromatic rings. The standard InChI is InChI=1S/C29H22ClN5O3/c1-18-7-9-19(10-8-18)26(36)25-24(17-31)27(35(33-25)21-13-11-20(30)12-14-21)32-15-4-16-34-28(37)22-5-2-3-6-23(22)29(34)38/h2-3,5-14,32H,4,15-16H2,1H3. The highest BCUT2D eigenvalue weighted by molar-refractivity contribution is 6.30. The van der Waals surface area contributed by atoms with Gasteiger partial charge >= 0.3 is 0 Å². The number of fused-ring (bicyclic) bond motifs is 1. The molecule has 0 saturated heterocycles. The molecule has 0 atom stereocenters. The van der Waals surface area contributed by atoms with Gasteiger partial charge in [-0.25, -0.2) is 4.68 Å². The molecule has 38 heavy (non-hydrogen) atoms. The van der Waals surface area contributed by atoms with E-state index in [1.807, 2.05) is 19.1 Å². The Bertz CT molecular complexity index is 1570. The van der Waals surface area contributed by atoms with Crippen LogP contribution in [0, 0.1) is 18.3 Å². The number of hydrogen-bond acceptors (Lipinski definition) is 6. The summed E-state index contributed by atoms with van der Waals surface area (Å²) in [4.78, 5) is 39.8. The molecule has 5 rings (SSSR count). The minimum Gasteiger partial charge on any atom is -0.369 e. The van der Waals surface area contributed by atoms with Gasteiger partial charge in [0.25, 0.3) is 11.8 Å². The number of nitrogens with one attached hydrogen (secondary N) is 1. The summed E-state index contributed by atoms with van der Waals surface area (Å²) in [5.41, 5.74) is 2.96. The summed E-state index contributed by atoms with van der Waals surface area (Å²) >= 11 is 6.06. The van der Waals surface area contributed by atoms with Gasteiger partial charge in [0.15, 0.2) is 5.69 Å². The molecule has 0 saturated carbocycles. The quantitative estimate of drug-likeness (QED) is 0.197. The number of anilines is 1. The topological polar surface area (TPSA) is 108 Å². The van der Waals surface area contributed by atoms with Gasteiger partial charge in [0.1, 0.15) is 17.5 Å². The first kappa shape index (κ1) is 24.9. The minimum atomic E-state index is -0.372. The zero-order valence-electron chi connectivity index (χ0n) is 20.4. The van der Waals surface area contributed by atoms with E-state index in [-0.39, 0.29) is 35.4 Å². The maximum Gasteiger partial charge on any atom is 0.261 e. The van der Waals surface area contributed by atoms with Gasteiger partial charge in [-0.1, -0.05) is 53.6 Å². The number of carbonyl (C=O) groups is 3. The molecular formula is C29H22ClN5O3. The fourth-order valence-electron chi connectivity index (χ4n) is 4.34. The Kier molecular flexibility index (Phi) is 6.77. The van der Waals surface area contributed by atoms with Crippen LogP contribution in [0.3, 0.4) is 0 Å². The highest BCUT2D eigenvalue weighted by atomic mass is 35.5. The van der Waals surface area contributed by atoms with E-state index in [0.29, 0.717) is 46.2 Å². The Morgan fingerprint density at radius 2 is 1.61 bits per heavy atom. The molecule has 0 spiro atoms. The number of hydrogen-bond donors (Lipinski definition) is 1. The van der Waals surface area contributed by atoms with Crippen LogP contribution in [0.2, 0.25) is 5.02 Å². The van der Waals surface area contributed by atoms with Crippen molar-refractivity contribution in [1.82, 2.24) is 14.7 Å². The van der Waals surface area contributed by atoms with E-state index in [1.54, 1.807) is 60.7 Å². The normalized spacial score (nSPS) is 12.4. The molecular weight excluding hydrogens is 502 g/mol. The van der Waals surface area contributed by atoms with E-state index < -0.39 is 0 Å². The van der Waals surface area contributed by atoms with Gasteiger partial charge in [-0.15, -0.1) is 0 Å². The van der Waals surface area contributed by atoms with Crippen molar-refractivity contribution in [2.45, 2.75) is 13.3 Å². The molecule has 1 aliphatic heterocycles. The second kappa shape index (κ2) is 10.3. The van der Waals surface area contributed by atoms with Crippen LogP contribution in [-0.2, 0) is 0 Å². The van der Waals surface area contributed by atoms with Crippen LogP contribution in [0.25, 0.3) is 5.69 Å². The Labute approximate surface area is 224 Å². The Morgan fingerprint density at radius 3 is 2.21 bits per heavy atom. The summed E-state index contributed by atoms with van der Waals surface area (Å²) in [7, 11) is 0. The molecule has 188 valence electrons. The molecule has 1 N–H and O–H groups in total. The molecule has 9 heteroatoms. The summed E-state index contributed by atoms with van der Waals surface area (Å²) < 4.78 is 1.50.